The predicted octanol–water partition coefficient (Wildman–Crippen LogP) is 6.61. The second-order valence-electron chi connectivity index (χ2n) is 9.10. The Bertz CT molecular complexity index is 1220. The van der Waals surface area contributed by atoms with Crippen molar-refractivity contribution in [2.45, 2.75) is 31.9 Å². The van der Waals surface area contributed by atoms with Crippen LogP contribution >= 0.6 is 0 Å². The lowest BCUT2D eigenvalue weighted by Gasteiger charge is -2.29. The summed E-state index contributed by atoms with van der Waals surface area (Å²) in [5.41, 5.74) is 2.45. The van der Waals surface area contributed by atoms with Crippen LogP contribution in [0.3, 0.4) is 0 Å². The molecule has 9 heteroatoms. The number of piperidine rings is 1. The van der Waals surface area contributed by atoms with Crippen LogP contribution in [0, 0.1) is 0 Å². The Morgan fingerprint density at radius 1 is 0.917 bits per heavy atom. The fourth-order valence-electron chi connectivity index (χ4n) is 4.67. The summed E-state index contributed by atoms with van der Waals surface area (Å²) < 4.78 is 39.7. The highest BCUT2D eigenvalue weighted by atomic mass is 19.4. The Hall–Kier alpha value is -3.75. The average molecular weight is 496 g/mol. The van der Waals surface area contributed by atoms with E-state index in [-0.39, 0.29) is 6.03 Å². The molecule has 3 heterocycles. The van der Waals surface area contributed by atoms with Crippen molar-refractivity contribution in [1.29, 1.82) is 0 Å². The van der Waals surface area contributed by atoms with E-state index in [1.165, 1.54) is 25.3 Å². The minimum atomic E-state index is -4.45. The lowest BCUT2D eigenvalue weighted by Crippen LogP contribution is -2.36. The number of anilines is 4. The van der Waals surface area contributed by atoms with E-state index in [1.807, 2.05) is 24.3 Å². The molecule has 0 unspecified atom stereocenters. The van der Waals surface area contributed by atoms with Gasteiger partial charge in [-0.1, -0.05) is 12.1 Å². The van der Waals surface area contributed by atoms with Crippen molar-refractivity contribution in [3.8, 4) is 11.3 Å². The third kappa shape index (κ3) is 5.24. The van der Waals surface area contributed by atoms with E-state index in [4.69, 9.17) is 0 Å². The van der Waals surface area contributed by atoms with Crippen LogP contribution in [0.2, 0.25) is 0 Å². The first-order valence-corrected chi connectivity index (χ1v) is 12.2. The Labute approximate surface area is 208 Å². The van der Waals surface area contributed by atoms with Gasteiger partial charge in [0.1, 0.15) is 0 Å². The monoisotopic (exact) mass is 495 g/mol. The van der Waals surface area contributed by atoms with Gasteiger partial charge in [-0.15, -0.1) is 0 Å². The molecule has 2 aliphatic heterocycles. The van der Waals surface area contributed by atoms with Gasteiger partial charge < -0.3 is 15.5 Å². The molecule has 0 aliphatic carbocycles. The van der Waals surface area contributed by atoms with Gasteiger partial charge in [0.25, 0.3) is 0 Å². The normalized spacial score (nSPS) is 16.1. The number of carbonyl (C=O) groups is 1. The van der Waals surface area contributed by atoms with Gasteiger partial charge in [0, 0.05) is 43.1 Å². The molecule has 2 N–H and O–H groups in total. The van der Waals surface area contributed by atoms with E-state index >= 15 is 0 Å². The number of rotatable bonds is 3. The minimum Gasteiger partial charge on any atom is -0.382 e. The molecular weight excluding hydrogens is 467 g/mol. The van der Waals surface area contributed by atoms with E-state index < -0.39 is 11.7 Å². The van der Waals surface area contributed by atoms with Crippen LogP contribution in [0.15, 0.2) is 60.7 Å². The highest BCUT2D eigenvalue weighted by molar-refractivity contribution is 6.03. The van der Waals surface area contributed by atoms with Crippen molar-refractivity contribution < 1.29 is 18.0 Å². The number of nitrogens with zero attached hydrogens (tertiary/aromatic N) is 3. The molecule has 3 aromatic rings. The van der Waals surface area contributed by atoms with Gasteiger partial charge in [0.05, 0.1) is 16.9 Å². The molecule has 0 bridgehead atoms. The molecule has 1 fully saturated rings. The molecule has 36 heavy (non-hydrogen) atoms. The molecule has 1 saturated heterocycles. The largest absolute Gasteiger partial charge is 0.416 e. The van der Waals surface area contributed by atoms with Crippen LogP contribution in [-0.2, 0) is 6.18 Å². The summed E-state index contributed by atoms with van der Waals surface area (Å²) in [5.74, 6) is 0.393. The van der Waals surface area contributed by atoms with E-state index in [9.17, 15) is 18.0 Å². The van der Waals surface area contributed by atoms with Gasteiger partial charge >= 0.3 is 12.2 Å². The maximum Gasteiger partial charge on any atom is 0.416 e. The Morgan fingerprint density at radius 3 is 2.44 bits per heavy atom. The number of halogens is 3. The van der Waals surface area contributed by atoms with Crippen LogP contribution in [0.4, 0.5) is 40.8 Å². The number of aromatic nitrogens is 1. The van der Waals surface area contributed by atoms with Crippen molar-refractivity contribution in [2.24, 2.45) is 0 Å². The first kappa shape index (κ1) is 24.0. The molecule has 5 rings (SSSR count). The molecular formula is C27H28F3N5O. The van der Waals surface area contributed by atoms with Gasteiger partial charge in [0.2, 0.25) is 0 Å². The predicted molar refractivity (Wildman–Crippen MR) is 137 cm³/mol. The summed E-state index contributed by atoms with van der Waals surface area (Å²) >= 11 is 0. The van der Waals surface area contributed by atoms with Crippen molar-refractivity contribution in [2.75, 3.05) is 46.6 Å². The van der Waals surface area contributed by atoms with Gasteiger partial charge in [-0.3, -0.25) is 4.90 Å². The lowest BCUT2D eigenvalue weighted by molar-refractivity contribution is -0.137. The molecule has 1 aromatic heterocycles. The number of carbonyl (C=O) groups excluding carboxylic acids is 1. The van der Waals surface area contributed by atoms with E-state index in [0.29, 0.717) is 48.0 Å². The van der Waals surface area contributed by atoms with E-state index in [1.54, 1.807) is 23.1 Å². The van der Waals surface area contributed by atoms with Crippen molar-refractivity contribution in [3.63, 3.8) is 0 Å². The Morgan fingerprint density at radius 2 is 1.69 bits per heavy atom. The second kappa shape index (κ2) is 10.1. The average Bonchev–Trinajstić information content (AvgIpc) is 3.11. The molecule has 0 saturated carbocycles. The molecule has 6 nitrogen and oxygen atoms in total. The highest BCUT2D eigenvalue weighted by Gasteiger charge is 2.31. The van der Waals surface area contributed by atoms with Gasteiger partial charge in [0.15, 0.2) is 5.82 Å². The number of pyridine rings is 1. The van der Waals surface area contributed by atoms with Gasteiger partial charge in [-0.2, -0.15) is 13.2 Å². The standard InChI is InChI=1S/C27H28F3N5O/c28-27(29,30)20-7-4-6-19(18-20)23-12-13-24-25(33-23)35(17-5-14-31-24)26(36)32-21-8-10-22(11-9-21)34-15-2-1-3-16-34/h4,6-13,18,31H,1-3,5,14-17H2,(H,32,36). The Kier molecular flexibility index (Phi) is 6.71. The first-order chi connectivity index (χ1) is 17.4. The zero-order valence-corrected chi connectivity index (χ0v) is 19.8. The van der Waals surface area contributed by atoms with Crippen LogP contribution in [0.1, 0.15) is 31.2 Å². The quantitative estimate of drug-likeness (QED) is 0.429. The van der Waals surface area contributed by atoms with Crippen molar-refractivity contribution in [1.82, 2.24) is 4.98 Å². The number of alkyl halides is 3. The number of urea groups is 1. The summed E-state index contributed by atoms with van der Waals surface area (Å²) in [6.45, 7) is 3.18. The lowest BCUT2D eigenvalue weighted by atomic mass is 10.1. The Balaban J connectivity index is 1.38. The van der Waals surface area contributed by atoms with E-state index in [2.05, 4.69) is 20.5 Å². The van der Waals surface area contributed by atoms with E-state index in [0.717, 1.165) is 30.9 Å². The zero-order valence-electron chi connectivity index (χ0n) is 19.8. The topological polar surface area (TPSA) is 60.5 Å². The number of fused-ring (bicyclic) bond motifs is 1. The molecule has 2 aliphatic rings. The highest BCUT2D eigenvalue weighted by Crippen LogP contribution is 2.34. The number of nitrogens with one attached hydrogen (secondary N) is 2. The summed E-state index contributed by atoms with van der Waals surface area (Å²) in [7, 11) is 0. The zero-order chi connectivity index (χ0) is 25.1. The summed E-state index contributed by atoms with van der Waals surface area (Å²) in [5, 5.41) is 6.21. The first-order valence-electron chi connectivity index (χ1n) is 12.2. The maximum absolute atomic E-state index is 13.3. The molecule has 2 amide bonds. The van der Waals surface area contributed by atoms with Crippen LogP contribution in [-0.4, -0.2) is 37.2 Å². The molecule has 0 atom stereocenters. The number of amides is 2. The van der Waals surface area contributed by atoms with Gasteiger partial charge in [-0.25, -0.2) is 9.78 Å². The van der Waals surface area contributed by atoms with Crippen LogP contribution < -0.4 is 20.4 Å². The second-order valence-corrected chi connectivity index (χ2v) is 9.10. The molecule has 2 aromatic carbocycles. The number of hydrogen-bond acceptors (Lipinski definition) is 4. The number of hydrogen-bond donors (Lipinski definition) is 2. The third-order valence-corrected chi connectivity index (χ3v) is 6.58. The van der Waals surface area contributed by atoms with Crippen molar-refractivity contribution >= 4 is 28.9 Å². The fourth-order valence-corrected chi connectivity index (χ4v) is 4.67. The van der Waals surface area contributed by atoms with Crippen molar-refractivity contribution in [3.05, 3.63) is 66.2 Å². The maximum atomic E-state index is 13.3. The number of benzene rings is 2. The molecule has 0 spiro atoms. The molecule has 0 radical (unpaired) electrons. The third-order valence-electron chi connectivity index (χ3n) is 6.58. The van der Waals surface area contributed by atoms with Gasteiger partial charge in [-0.05, 0) is 74.2 Å². The summed E-state index contributed by atoms with van der Waals surface area (Å²) in [6, 6.07) is 16.0. The minimum absolute atomic E-state index is 0.334. The van der Waals surface area contributed by atoms with Crippen LogP contribution in [0.5, 0.6) is 0 Å². The fraction of sp³-hybridized carbons (Fsp3) is 0.333. The SMILES string of the molecule is O=C(Nc1ccc(N2CCCCC2)cc1)N1CCCNc2ccc(-c3cccc(C(F)(F)F)c3)nc21. The summed E-state index contributed by atoms with van der Waals surface area (Å²) in [4.78, 5) is 21.8. The summed E-state index contributed by atoms with van der Waals surface area (Å²) in [6.07, 6.45) is -0.0949. The smallest absolute Gasteiger partial charge is 0.382 e. The van der Waals surface area contributed by atoms with Crippen LogP contribution in [0.25, 0.3) is 11.3 Å². The molecule has 188 valence electrons.